The molecule has 0 aromatic heterocycles. The van der Waals surface area contributed by atoms with E-state index in [1.165, 1.54) is 5.56 Å². The minimum absolute atomic E-state index is 0.0474. The second-order valence-electron chi connectivity index (χ2n) is 8.45. The van der Waals surface area contributed by atoms with Crippen LogP contribution in [0.3, 0.4) is 0 Å². The smallest absolute Gasteiger partial charge is 0.253 e. The number of ether oxygens (including phenoxy) is 1. The highest BCUT2D eigenvalue weighted by Gasteiger charge is 2.19. The SMILES string of the molecule is O=C(CNc1cccc(C(=O)N2CCCC2)c1)Nc1cccc(OCCCc2ccccc2)c1. The Labute approximate surface area is 200 Å². The van der Waals surface area contributed by atoms with E-state index in [9.17, 15) is 9.59 Å². The summed E-state index contributed by atoms with van der Waals surface area (Å²) in [5.74, 6) is 0.607. The molecule has 1 heterocycles. The Morgan fingerprint density at radius 1 is 0.853 bits per heavy atom. The summed E-state index contributed by atoms with van der Waals surface area (Å²) in [5, 5.41) is 6.00. The minimum atomic E-state index is -0.169. The van der Waals surface area contributed by atoms with Crippen molar-refractivity contribution in [2.75, 3.05) is 36.9 Å². The van der Waals surface area contributed by atoms with Gasteiger partial charge in [0.15, 0.2) is 0 Å². The Balaban J connectivity index is 1.22. The molecule has 0 spiro atoms. The summed E-state index contributed by atoms with van der Waals surface area (Å²) in [7, 11) is 0. The third-order valence-electron chi connectivity index (χ3n) is 5.80. The van der Waals surface area contributed by atoms with Crippen LogP contribution in [-0.4, -0.2) is 43.0 Å². The van der Waals surface area contributed by atoms with Crippen LogP contribution in [0, 0.1) is 0 Å². The van der Waals surface area contributed by atoms with Crippen molar-refractivity contribution in [3.05, 3.63) is 90.0 Å². The van der Waals surface area contributed by atoms with Crippen molar-refractivity contribution in [3.63, 3.8) is 0 Å². The zero-order valence-electron chi connectivity index (χ0n) is 19.3. The highest BCUT2D eigenvalue weighted by Crippen LogP contribution is 2.19. The van der Waals surface area contributed by atoms with Crippen molar-refractivity contribution in [1.29, 1.82) is 0 Å². The first-order valence-corrected chi connectivity index (χ1v) is 11.9. The summed E-state index contributed by atoms with van der Waals surface area (Å²) < 4.78 is 5.85. The van der Waals surface area contributed by atoms with E-state index < -0.39 is 0 Å². The van der Waals surface area contributed by atoms with E-state index in [1.54, 1.807) is 6.07 Å². The number of benzene rings is 3. The van der Waals surface area contributed by atoms with Gasteiger partial charge >= 0.3 is 0 Å². The summed E-state index contributed by atoms with van der Waals surface area (Å²) >= 11 is 0. The number of hydrogen-bond donors (Lipinski definition) is 2. The molecule has 0 bridgehead atoms. The van der Waals surface area contributed by atoms with Gasteiger partial charge in [0.2, 0.25) is 5.91 Å². The van der Waals surface area contributed by atoms with Gasteiger partial charge in [-0.1, -0.05) is 42.5 Å². The first kappa shape index (κ1) is 23.4. The average molecular weight is 458 g/mol. The maximum Gasteiger partial charge on any atom is 0.253 e. The molecular weight excluding hydrogens is 426 g/mol. The average Bonchev–Trinajstić information content (AvgIpc) is 3.41. The monoisotopic (exact) mass is 457 g/mol. The number of nitrogens with one attached hydrogen (secondary N) is 2. The van der Waals surface area contributed by atoms with Crippen LogP contribution in [0.15, 0.2) is 78.9 Å². The number of rotatable bonds is 10. The van der Waals surface area contributed by atoms with Gasteiger partial charge in [0.05, 0.1) is 13.2 Å². The Kier molecular flexibility index (Phi) is 8.17. The zero-order valence-corrected chi connectivity index (χ0v) is 19.3. The van der Waals surface area contributed by atoms with Crippen molar-refractivity contribution in [2.24, 2.45) is 0 Å². The lowest BCUT2D eigenvalue weighted by molar-refractivity contribution is -0.114. The lowest BCUT2D eigenvalue weighted by Crippen LogP contribution is -2.27. The quantitative estimate of drug-likeness (QED) is 0.421. The van der Waals surface area contributed by atoms with E-state index in [1.807, 2.05) is 65.6 Å². The van der Waals surface area contributed by atoms with Crippen LogP contribution in [0.5, 0.6) is 5.75 Å². The molecule has 6 nitrogen and oxygen atoms in total. The third-order valence-corrected chi connectivity index (χ3v) is 5.80. The summed E-state index contributed by atoms with van der Waals surface area (Å²) in [5.41, 5.74) is 3.37. The van der Waals surface area contributed by atoms with Crippen LogP contribution in [0.1, 0.15) is 35.2 Å². The molecule has 1 fully saturated rings. The van der Waals surface area contributed by atoms with E-state index in [2.05, 4.69) is 22.8 Å². The van der Waals surface area contributed by atoms with E-state index >= 15 is 0 Å². The second kappa shape index (κ2) is 11.9. The van der Waals surface area contributed by atoms with Gasteiger partial charge < -0.3 is 20.3 Å². The maximum absolute atomic E-state index is 12.6. The predicted octanol–water partition coefficient (Wildman–Crippen LogP) is 4.98. The van der Waals surface area contributed by atoms with Crippen LogP contribution in [0.4, 0.5) is 11.4 Å². The topological polar surface area (TPSA) is 70.7 Å². The number of hydrogen-bond acceptors (Lipinski definition) is 4. The minimum Gasteiger partial charge on any atom is -0.494 e. The van der Waals surface area contributed by atoms with Crippen LogP contribution < -0.4 is 15.4 Å². The molecule has 0 aliphatic carbocycles. The van der Waals surface area contributed by atoms with Crippen LogP contribution >= 0.6 is 0 Å². The number of likely N-dealkylation sites (tertiary alicyclic amines) is 1. The number of anilines is 2. The normalized spacial score (nSPS) is 12.9. The highest BCUT2D eigenvalue weighted by atomic mass is 16.5. The molecule has 0 atom stereocenters. The van der Waals surface area contributed by atoms with E-state index in [0.29, 0.717) is 17.9 Å². The van der Waals surface area contributed by atoms with Gasteiger partial charge in [-0.3, -0.25) is 9.59 Å². The predicted molar refractivity (Wildman–Crippen MR) is 135 cm³/mol. The van der Waals surface area contributed by atoms with E-state index in [-0.39, 0.29) is 18.4 Å². The molecule has 0 radical (unpaired) electrons. The molecule has 0 unspecified atom stereocenters. The Hall–Kier alpha value is -3.80. The summed E-state index contributed by atoms with van der Waals surface area (Å²) in [6, 6.07) is 25.1. The molecule has 2 amide bonds. The lowest BCUT2D eigenvalue weighted by Gasteiger charge is -2.16. The van der Waals surface area contributed by atoms with Crippen molar-refractivity contribution in [3.8, 4) is 5.75 Å². The molecule has 4 rings (SSSR count). The summed E-state index contributed by atoms with van der Waals surface area (Å²) in [6.07, 6.45) is 4.01. The number of amides is 2. The van der Waals surface area contributed by atoms with Gasteiger partial charge in [-0.05, 0) is 61.6 Å². The number of nitrogens with zero attached hydrogens (tertiary/aromatic N) is 1. The second-order valence-corrected chi connectivity index (χ2v) is 8.45. The summed E-state index contributed by atoms with van der Waals surface area (Å²) in [4.78, 5) is 26.9. The highest BCUT2D eigenvalue weighted by molar-refractivity contribution is 5.96. The fourth-order valence-corrected chi connectivity index (χ4v) is 4.03. The number of carbonyl (C=O) groups excluding carboxylic acids is 2. The zero-order chi connectivity index (χ0) is 23.6. The fraction of sp³-hybridized carbons (Fsp3) is 0.286. The molecule has 3 aromatic rings. The largest absolute Gasteiger partial charge is 0.494 e. The van der Waals surface area contributed by atoms with Crippen molar-refractivity contribution in [2.45, 2.75) is 25.7 Å². The third kappa shape index (κ3) is 6.85. The maximum atomic E-state index is 12.6. The molecule has 1 aliphatic heterocycles. The molecule has 1 saturated heterocycles. The van der Waals surface area contributed by atoms with Gasteiger partial charge in [-0.25, -0.2) is 0 Å². The van der Waals surface area contributed by atoms with Gasteiger partial charge in [-0.2, -0.15) is 0 Å². The molecular formula is C28H31N3O3. The summed E-state index contributed by atoms with van der Waals surface area (Å²) in [6.45, 7) is 2.34. The van der Waals surface area contributed by atoms with Crippen LogP contribution in [0.2, 0.25) is 0 Å². The van der Waals surface area contributed by atoms with Crippen LogP contribution in [0.25, 0.3) is 0 Å². The molecule has 34 heavy (non-hydrogen) atoms. The van der Waals surface area contributed by atoms with Crippen molar-refractivity contribution < 1.29 is 14.3 Å². The Morgan fingerprint density at radius 3 is 2.44 bits per heavy atom. The molecule has 3 aromatic carbocycles. The van der Waals surface area contributed by atoms with E-state index in [4.69, 9.17) is 4.74 Å². The molecule has 0 saturated carbocycles. The Bertz CT molecular complexity index is 1090. The van der Waals surface area contributed by atoms with E-state index in [0.717, 1.165) is 50.2 Å². The molecule has 6 heteroatoms. The van der Waals surface area contributed by atoms with Crippen LogP contribution in [-0.2, 0) is 11.2 Å². The fourth-order valence-electron chi connectivity index (χ4n) is 4.03. The first-order valence-electron chi connectivity index (χ1n) is 11.9. The molecule has 176 valence electrons. The van der Waals surface area contributed by atoms with Gasteiger partial charge in [-0.15, -0.1) is 0 Å². The standard InChI is InChI=1S/C28H31N3O3/c32-27(21-29-24-13-6-12-23(19-24)28(33)31-16-4-5-17-31)30-25-14-7-15-26(20-25)34-18-8-11-22-9-2-1-3-10-22/h1-3,6-7,9-10,12-15,19-20,29H,4-5,8,11,16-18,21H2,(H,30,32). The van der Waals surface area contributed by atoms with Gasteiger partial charge in [0.25, 0.3) is 5.91 Å². The lowest BCUT2D eigenvalue weighted by atomic mass is 10.1. The number of carbonyl (C=O) groups is 2. The van der Waals surface area contributed by atoms with Gasteiger partial charge in [0, 0.05) is 36.1 Å². The van der Waals surface area contributed by atoms with Gasteiger partial charge in [0.1, 0.15) is 5.75 Å². The number of aryl methyl sites for hydroxylation is 1. The molecule has 1 aliphatic rings. The Morgan fingerprint density at radius 2 is 1.62 bits per heavy atom. The first-order chi connectivity index (χ1) is 16.7. The van der Waals surface area contributed by atoms with Crippen molar-refractivity contribution in [1.82, 2.24) is 4.90 Å². The van der Waals surface area contributed by atoms with Crippen molar-refractivity contribution >= 4 is 23.2 Å². The molecule has 2 N–H and O–H groups in total.